The van der Waals surface area contributed by atoms with E-state index in [0.717, 1.165) is 0 Å². The number of hydrogen-bond donors (Lipinski definition) is 2. The van der Waals surface area contributed by atoms with Crippen LogP contribution in [0.15, 0.2) is 18.2 Å². The number of hydrogen-bond acceptors (Lipinski definition) is 2. The Balaban J connectivity index is 2.86. The van der Waals surface area contributed by atoms with Crippen LogP contribution in [0.25, 0.3) is 0 Å². The van der Waals surface area contributed by atoms with Gasteiger partial charge >= 0.3 is 0 Å². The predicted octanol–water partition coefficient (Wildman–Crippen LogP) is 2.50. The zero-order chi connectivity index (χ0) is 12.1. The van der Waals surface area contributed by atoms with E-state index in [4.69, 9.17) is 11.6 Å². The van der Waals surface area contributed by atoms with E-state index >= 15 is 0 Å². The Morgan fingerprint density at radius 3 is 2.69 bits per heavy atom. The first-order valence-electron chi connectivity index (χ1n) is 4.85. The van der Waals surface area contributed by atoms with Crippen LogP contribution in [0, 0.1) is 5.92 Å². The molecule has 0 atom stereocenters. The van der Waals surface area contributed by atoms with Crippen molar-refractivity contribution in [2.24, 2.45) is 5.92 Å². The Bertz CT molecular complexity index is 405. The summed E-state index contributed by atoms with van der Waals surface area (Å²) in [4.78, 5) is 21.7. The van der Waals surface area contributed by atoms with Crippen LogP contribution in [-0.4, -0.2) is 12.3 Å². The van der Waals surface area contributed by atoms with Gasteiger partial charge in [-0.1, -0.05) is 25.4 Å². The first-order valence-corrected chi connectivity index (χ1v) is 5.23. The van der Waals surface area contributed by atoms with Crippen molar-refractivity contribution in [2.45, 2.75) is 13.8 Å². The molecule has 0 radical (unpaired) electrons. The predicted molar refractivity (Wildman–Crippen MR) is 64.6 cm³/mol. The summed E-state index contributed by atoms with van der Waals surface area (Å²) in [5.74, 6) is -0.183. The molecule has 2 N–H and O–H groups in total. The molecule has 0 unspecified atom stereocenters. The molecule has 0 bridgehead atoms. The molecule has 4 nitrogen and oxygen atoms in total. The van der Waals surface area contributed by atoms with Gasteiger partial charge in [-0.25, -0.2) is 0 Å². The summed E-state index contributed by atoms with van der Waals surface area (Å²) >= 11 is 5.84. The maximum atomic E-state index is 11.4. The number of carbonyl (C=O) groups excluding carboxylic acids is 2. The van der Waals surface area contributed by atoms with E-state index in [9.17, 15) is 9.59 Å². The molecule has 0 aliphatic carbocycles. The van der Waals surface area contributed by atoms with Crippen LogP contribution in [0.5, 0.6) is 0 Å². The number of halogens is 1. The molecule has 0 heterocycles. The van der Waals surface area contributed by atoms with Crippen molar-refractivity contribution >= 4 is 35.3 Å². The normalized spacial score (nSPS) is 10.0. The van der Waals surface area contributed by atoms with Crippen molar-refractivity contribution in [3.8, 4) is 0 Å². The van der Waals surface area contributed by atoms with Crippen molar-refractivity contribution in [1.82, 2.24) is 0 Å². The third-order valence-electron chi connectivity index (χ3n) is 1.97. The number of benzene rings is 1. The molecule has 0 fully saturated rings. The molecule has 16 heavy (non-hydrogen) atoms. The van der Waals surface area contributed by atoms with Gasteiger partial charge in [0.2, 0.25) is 12.3 Å². The second-order valence-corrected chi connectivity index (χ2v) is 4.01. The maximum Gasteiger partial charge on any atom is 0.226 e. The highest BCUT2D eigenvalue weighted by Crippen LogP contribution is 2.25. The molecule has 1 aromatic rings. The minimum absolute atomic E-state index is 0.0839. The summed E-state index contributed by atoms with van der Waals surface area (Å²) in [5.41, 5.74) is 1.07. The van der Waals surface area contributed by atoms with E-state index in [1.807, 2.05) is 0 Å². The minimum Gasteiger partial charge on any atom is -0.327 e. The second-order valence-electron chi connectivity index (χ2n) is 3.60. The van der Waals surface area contributed by atoms with Crippen molar-refractivity contribution in [2.75, 3.05) is 10.6 Å². The van der Waals surface area contributed by atoms with Crippen LogP contribution in [-0.2, 0) is 9.59 Å². The lowest BCUT2D eigenvalue weighted by molar-refractivity contribution is -0.118. The Morgan fingerprint density at radius 1 is 1.44 bits per heavy atom. The van der Waals surface area contributed by atoms with Gasteiger partial charge in [-0.3, -0.25) is 9.59 Å². The van der Waals surface area contributed by atoms with E-state index in [1.54, 1.807) is 32.0 Å². The van der Waals surface area contributed by atoms with E-state index < -0.39 is 0 Å². The maximum absolute atomic E-state index is 11.4. The van der Waals surface area contributed by atoms with Gasteiger partial charge in [-0.2, -0.15) is 0 Å². The lowest BCUT2D eigenvalue weighted by Gasteiger charge is -2.09. The van der Waals surface area contributed by atoms with Crippen LogP contribution < -0.4 is 10.6 Å². The Hall–Kier alpha value is -1.55. The molecular formula is C11H13ClN2O2. The SMILES string of the molecule is CC(C)C(=O)Nc1ccc(Cl)c(NC=O)c1. The van der Waals surface area contributed by atoms with Gasteiger partial charge < -0.3 is 10.6 Å². The molecule has 0 saturated heterocycles. The molecule has 5 heteroatoms. The van der Waals surface area contributed by atoms with E-state index in [-0.39, 0.29) is 11.8 Å². The van der Waals surface area contributed by atoms with Crippen LogP contribution in [0.2, 0.25) is 5.02 Å². The fraction of sp³-hybridized carbons (Fsp3) is 0.273. The highest BCUT2D eigenvalue weighted by atomic mass is 35.5. The lowest BCUT2D eigenvalue weighted by atomic mass is 10.2. The summed E-state index contributed by atoms with van der Waals surface area (Å²) in [6.45, 7) is 3.60. The molecular weight excluding hydrogens is 228 g/mol. The zero-order valence-corrected chi connectivity index (χ0v) is 9.84. The van der Waals surface area contributed by atoms with Crippen molar-refractivity contribution in [1.29, 1.82) is 0 Å². The van der Waals surface area contributed by atoms with Gasteiger partial charge in [0, 0.05) is 11.6 Å². The molecule has 0 aromatic heterocycles. The Kier molecular flexibility index (Phi) is 4.31. The van der Waals surface area contributed by atoms with Crippen LogP contribution in [0.1, 0.15) is 13.8 Å². The van der Waals surface area contributed by atoms with E-state index in [0.29, 0.717) is 22.8 Å². The third kappa shape index (κ3) is 3.24. The minimum atomic E-state index is -0.0989. The van der Waals surface area contributed by atoms with Gasteiger partial charge in [0.1, 0.15) is 0 Å². The fourth-order valence-corrected chi connectivity index (χ4v) is 1.24. The average Bonchev–Trinajstić information content (AvgIpc) is 2.23. The number of anilines is 2. The number of rotatable bonds is 4. The monoisotopic (exact) mass is 240 g/mol. The first-order chi connectivity index (χ1) is 7.54. The lowest BCUT2D eigenvalue weighted by Crippen LogP contribution is -2.17. The van der Waals surface area contributed by atoms with Gasteiger partial charge in [-0.05, 0) is 18.2 Å². The van der Waals surface area contributed by atoms with Gasteiger partial charge in [0.15, 0.2) is 0 Å². The third-order valence-corrected chi connectivity index (χ3v) is 2.30. The summed E-state index contributed by atoms with van der Waals surface area (Å²) in [5, 5.41) is 5.59. The van der Waals surface area contributed by atoms with Crippen molar-refractivity contribution in [3.05, 3.63) is 23.2 Å². The average molecular weight is 241 g/mol. The smallest absolute Gasteiger partial charge is 0.226 e. The molecule has 2 amide bonds. The molecule has 0 aliphatic heterocycles. The Labute approximate surface area is 99.0 Å². The van der Waals surface area contributed by atoms with E-state index in [1.165, 1.54) is 0 Å². The molecule has 0 spiro atoms. The van der Waals surface area contributed by atoms with Crippen molar-refractivity contribution in [3.63, 3.8) is 0 Å². The van der Waals surface area contributed by atoms with Crippen LogP contribution >= 0.6 is 11.6 Å². The standard InChI is InChI=1S/C11H13ClN2O2/c1-7(2)11(16)14-8-3-4-9(12)10(5-8)13-6-15/h3-7H,1-2H3,(H,13,15)(H,14,16). The van der Waals surface area contributed by atoms with Crippen molar-refractivity contribution < 1.29 is 9.59 Å². The summed E-state index contributed by atoms with van der Waals surface area (Å²) in [6.07, 6.45) is 0.537. The zero-order valence-electron chi connectivity index (χ0n) is 9.08. The highest BCUT2D eigenvalue weighted by molar-refractivity contribution is 6.33. The molecule has 0 aliphatic rings. The van der Waals surface area contributed by atoms with Gasteiger partial charge in [0.05, 0.1) is 10.7 Å². The molecule has 1 rings (SSSR count). The molecule has 0 saturated carbocycles. The largest absolute Gasteiger partial charge is 0.327 e. The van der Waals surface area contributed by atoms with E-state index in [2.05, 4.69) is 10.6 Å². The second kappa shape index (κ2) is 5.51. The molecule has 1 aromatic carbocycles. The van der Waals surface area contributed by atoms with Gasteiger partial charge in [0.25, 0.3) is 0 Å². The summed E-state index contributed by atoms with van der Waals surface area (Å²) in [7, 11) is 0. The van der Waals surface area contributed by atoms with Crippen LogP contribution in [0.4, 0.5) is 11.4 Å². The Morgan fingerprint density at radius 2 is 2.12 bits per heavy atom. The summed E-state index contributed by atoms with van der Waals surface area (Å²) < 4.78 is 0. The van der Waals surface area contributed by atoms with Crippen LogP contribution in [0.3, 0.4) is 0 Å². The fourth-order valence-electron chi connectivity index (χ4n) is 1.06. The molecule has 86 valence electrons. The van der Waals surface area contributed by atoms with Gasteiger partial charge in [-0.15, -0.1) is 0 Å². The number of nitrogens with one attached hydrogen (secondary N) is 2. The quantitative estimate of drug-likeness (QED) is 0.795. The first kappa shape index (κ1) is 12.5. The highest BCUT2D eigenvalue weighted by Gasteiger charge is 2.08. The summed E-state index contributed by atoms with van der Waals surface area (Å²) in [6, 6.07) is 4.90. The number of carbonyl (C=O) groups is 2. The topological polar surface area (TPSA) is 58.2 Å². The number of amides is 2.